The fourth-order valence-electron chi connectivity index (χ4n) is 3.00. The summed E-state index contributed by atoms with van der Waals surface area (Å²) >= 11 is 0. The van der Waals surface area contributed by atoms with Crippen molar-refractivity contribution >= 4 is 23.1 Å². The number of rotatable bonds is 5. The molecule has 0 spiro atoms. The van der Waals surface area contributed by atoms with E-state index in [0.717, 1.165) is 22.5 Å². The lowest BCUT2D eigenvalue weighted by Gasteiger charge is -2.07. The predicted molar refractivity (Wildman–Crippen MR) is 113 cm³/mol. The maximum atomic E-state index is 12.5. The van der Waals surface area contributed by atoms with Crippen LogP contribution in [0.25, 0.3) is 16.9 Å². The van der Waals surface area contributed by atoms with Gasteiger partial charge in [-0.3, -0.25) is 9.59 Å². The van der Waals surface area contributed by atoms with E-state index >= 15 is 0 Å². The maximum Gasteiger partial charge on any atom is 0.255 e. The number of nitrogens with one attached hydrogen (secondary N) is 2. The number of carbonyl (C=O) groups excluding carboxylic acids is 2. The van der Waals surface area contributed by atoms with E-state index in [-0.39, 0.29) is 11.8 Å². The first-order valence-corrected chi connectivity index (χ1v) is 9.27. The summed E-state index contributed by atoms with van der Waals surface area (Å²) in [5.41, 5.74) is 4.96. The lowest BCUT2D eigenvalue weighted by molar-refractivity contribution is -0.119. The molecule has 0 radical (unpaired) electrons. The van der Waals surface area contributed by atoms with Crippen LogP contribution in [0, 0.1) is 0 Å². The standard InChI is InChI=1S/C23H20N4O2/c1-16(28)24-14-17-5-7-19(8-6-17)23(29)25-20-11-9-18(10-12-20)21-15-27-13-3-2-4-22(27)26-21/h2-13,15H,14H2,1H3,(H,24,28)(H,25,29). The van der Waals surface area contributed by atoms with Crippen molar-refractivity contribution in [2.24, 2.45) is 0 Å². The van der Waals surface area contributed by atoms with Gasteiger partial charge in [-0.1, -0.05) is 30.3 Å². The fraction of sp³-hybridized carbons (Fsp3) is 0.0870. The summed E-state index contributed by atoms with van der Waals surface area (Å²) in [5.74, 6) is -0.268. The van der Waals surface area contributed by atoms with E-state index in [1.165, 1.54) is 6.92 Å². The van der Waals surface area contributed by atoms with Crippen LogP contribution in [0.5, 0.6) is 0 Å². The summed E-state index contributed by atoms with van der Waals surface area (Å²) < 4.78 is 1.97. The summed E-state index contributed by atoms with van der Waals surface area (Å²) in [6.45, 7) is 1.92. The third-order valence-corrected chi connectivity index (χ3v) is 4.56. The van der Waals surface area contributed by atoms with E-state index in [9.17, 15) is 9.59 Å². The molecule has 0 saturated carbocycles. The zero-order valence-corrected chi connectivity index (χ0v) is 15.9. The van der Waals surface area contributed by atoms with Gasteiger partial charge in [0.1, 0.15) is 5.65 Å². The number of imidazole rings is 1. The number of benzene rings is 2. The molecule has 0 atom stereocenters. The molecule has 4 aromatic rings. The Balaban J connectivity index is 1.43. The van der Waals surface area contributed by atoms with Gasteiger partial charge in [-0.15, -0.1) is 0 Å². The molecule has 0 aliphatic carbocycles. The zero-order chi connectivity index (χ0) is 20.2. The molecular formula is C23H20N4O2. The van der Waals surface area contributed by atoms with Crippen LogP contribution in [0.2, 0.25) is 0 Å². The Hall–Kier alpha value is -3.93. The van der Waals surface area contributed by atoms with Crippen LogP contribution in [0.3, 0.4) is 0 Å². The molecule has 29 heavy (non-hydrogen) atoms. The van der Waals surface area contributed by atoms with E-state index in [1.807, 2.05) is 71.4 Å². The van der Waals surface area contributed by atoms with Gasteiger partial charge in [0.05, 0.1) is 5.69 Å². The highest BCUT2D eigenvalue weighted by atomic mass is 16.2. The second-order valence-electron chi connectivity index (χ2n) is 6.73. The average molecular weight is 384 g/mol. The number of carbonyl (C=O) groups is 2. The van der Waals surface area contributed by atoms with Gasteiger partial charge in [-0.05, 0) is 42.0 Å². The van der Waals surface area contributed by atoms with Crippen molar-refractivity contribution < 1.29 is 9.59 Å². The molecule has 6 nitrogen and oxygen atoms in total. The monoisotopic (exact) mass is 384 g/mol. The van der Waals surface area contributed by atoms with Crippen molar-refractivity contribution in [3.63, 3.8) is 0 Å². The minimum absolute atomic E-state index is 0.0843. The summed E-state index contributed by atoms with van der Waals surface area (Å²) in [5, 5.41) is 5.63. The van der Waals surface area contributed by atoms with Crippen LogP contribution >= 0.6 is 0 Å². The molecule has 6 heteroatoms. The topological polar surface area (TPSA) is 75.5 Å². The van der Waals surface area contributed by atoms with Crippen molar-refractivity contribution in [1.29, 1.82) is 0 Å². The van der Waals surface area contributed by atoms with Crippen LogP contribution in [-0.2, 0) is 11.3 Å². The van der Waals surface area contributed by atoms with E-state index in [2.05, 4.69) is 15.6 Å². The third kappa shape index (κ3) is 4.32. The average Bonchev–Trinajstić information content (AvgIpc) is 3.17. The second-order valence-corrected chi connectivity index (χ2v) is 6.73. The summed E-state index contributed by atoms with van der Waals surface area (Å²) in [7, 11) is 0. The number of pyridine rings is 1. The van der Waals surface area contributed by atoms with Crippen LogP contribution in [0.4, 0.5) is 5.69 Å². The first-order valence-electron chi connectivity index (χ1n) is 9.27. The van der Waals surface area contributed by atoms with Gasteiger partial charge in [-0.25, -0.2) is 4.98 Å². The summed E-state index contributed by atoms with van der Waals surface area (Å²) in [6.07, 6.45) is 3.94. The number of hydrogen-bond acceptors (Lipinski definition) is 3. The molecule has 2 amide bonds. The Morgan fingerprint density at radius 3 is 2.41 bits per heavy atom. The number of anilines is 1. The van der Waals surface area contributed by atoms with E-state index in [4.69, 9.17) is 0 Å². The van der Waals surface area contributed by atoms with Crippen LogP contribution in [0.15, 0.2) is 79.1 Å². The fourth-order valence-corrected chi connectivity index (χ4v) is 3.00. The quantitative estimate of drug-likeness (QED) is 0.548. The summed E-state index contributed by atoms with van der Waals surface area (Å²) in [6, 6.07) is 20.6. The highest BCUT2D eigenvalue weighted by Gasteiger charge is 2.08. The number of amides is 2. The minimum atomic E-state index is -0.184. The normalized spacial score (nSPS) is 10.7. The molecule has 4 rings (SSSR count). The Bertz CT molecular complexity index is 1130. The SMILES string of the molecule is CC(=O)NCc1ccc(C(=O)Nc2ccc(-c3cn4ccccc4n3)cc2)cc1. The van der Waals surface area contributed by atoms with Crippen molar-refractivity contribution in [3.05, 3.63) is 90.3 Å². The molecule has 2 aromatic carbocycles. The van der Waals surface area contributed by atoms with Crippen LogP contribution < -0.4 is 10.6 Å². The summed E-state index contributed by atoms with van der Waals surface area (Å²) in [4.78, 5) is 28.0. The lowest BCUT2D eigenvalue weighted by Crippen LogP contribution is -2.19. The maximum absolute atomic E-state index is 12.5. The van der Waals surface area contributed by atoms with Crippen molar-refractivity contribution in [3.8, 4) is 11.3 Å². The Labute approximate surface area is 168 Å². The molecule has 0 saturated heterocycles. The molecule has 0 aliphatic heterocycles. The molecule has 0 unspecified atom stereocenters. The lowest BCUT2D eigenvalue weighted by atomic mass is 10.1. The minimum Gasteiger partial charge on any atom is -0.352 e. The van der Waals surface area contributed by atoms with Gasteiger partial charge in [0, 0.05) is 42.7 Å². The molecule has 2 heterocycles. The van der Waals surface area contributed by atoms with E-state index in [1.54, 1.807) is 12.1 Å². The van der Waals surface area contributed by atoms with Gasteiger partial charge in [-0.2, -0.15) is 0 Å². The number of hydrogen-bond donors (Lipinski definition) is 2. The van der Waals surface area contributed by atoms with Gasteiger partial charge in [0.2, 0.25) is 5.91 Å². The number of aromatic nitrogens is 2. The smallest absolute Gasteiger partial charge is 0.255 e. The van der Waals surface area contributed by atoms with Gasteiger partial charge in [0.15, 0.2) is 0 Å². The van der Waals surface area contributed by atoms with Crippen molar-refractivity contribution in [1.82, 2.24) is 14.7 Å². The van der Waals surface area contributed by atoms with Gasteiger partial charge in [0.25, 0.3) is 5.91 Å². The molecule has 2 N–H and O–H groups in total. The molecule has 0 aliphatic rings. The Morgan fingerprint density at radius 2 is 1.72 bits per heavy atom. The van der Waals surface area contributed by atoms with E-state index in [0.29, 0.717) is 17.8 Å². The molecule has 144 valence electrons. The van der Waals surface area contributed by atoms with E-state index < -0.39 is 0 Å². The molecule has 2 aromatic heterocycles. The number of nitrogens with zero attached hydrogens (tertiary/aromatic N) is 2. The first-order chi connectivity index (χ1) is 14.1. The predicted octanol–water partition coefficient (Wildman–Crippen LogP) is 3.89. The Morgan fingerprint density at radius 1 is 0.966 bits per heavy atom. The van der Waals surface area contributed by atoms with Gasteiger partial charge < -0.3 is 15.0 Å². The molecule has 0 bridgehead atoms. The van der Waals surface area contributed by atoms with Crippen LogP contribution in [0.1, 0.15) is 22.8 Å². The molecular weight excluding hydrogens is 364 g/mol. The van der Waals surface area contributed by atoms with Crippen LogP contribution in [-0.4, -0.2) is 21.2 Å². The molecule has 0 fully saturated rings. The number of fused-ring (bicyclic) bond motifs is 1. The first kappa shape index (κ1) is 18.4. The highest BCUT2D eigenvalue weighted by Crippen LogP contribution is 2.21. The largest absolute Gasteiger partial charge is 0.352 e. The second kappa shape index (κ2) is 7.98. The van der Waals surface area contributed by atoms with Crippen molar-refractivity contribution in [2.75, 3.05) is 5.32 Å². The van der Waals surface area contributed by atoms with Gasteiger partial charge >= 0.3 is 0 Å². The Kier molecular flexibility index (Phi) is 5.07. The van der Waals surface area contributed by atoms with Crippen molar-refractivity contribution in [2.45, 2.75) is 13.5 Å². The highest BCUT2D eigenvalue weighted by molar-refractivity contribution is 6.04. The zero-order valence-electron chi connectivity index (χ0n) is 15.9. The third-order valence-electron chi connectivity index (χ3n) is 4.56.